The Hall–Kier alpha value is -2.65. The van der Waals surface area contributed by atoms with Gasteiger partial charge in [0.25, 0.3) is 0 Å². The molecule has 5 nitrogen and oxygen atoms in total. The van der Waals surface area contributed by atoms with Gasteiger partial charge in [-0.2, -0.15) is 4.99 Å². The molecule has 0 aliphatic rings. The fourth-order valence-corrected chi connectivity index (χ4v) is 3.46. The van der Waals surface area contributed by atoms with Crippen LogP contribution >= 0.6 is 11.3 Å². The number of amides is 1. The van der Waals surface area contributed by atoms with Crippen LogP contribution in [0.4, 0.5) is 0 Å². The van der Waals surface area contributed by atoms with E-state index in [1.165, 1.54) is 16.9 Å². The van der Waals surface area contributed by atoms with E-state index in [1.807, 2.05) is 10.6 Å². The number of thiazole rings is 1. The molecule has 122 valence electrons. The molecule has 1 aromatic carbocycles. The van der Waals surface area contributed by atoms with Crippen LogP contribution in [-0.2, 0) is 6.54 Å². The van der Waals surface area contributed by atoms with E-state index in [4.69, 9.17) is 10.9 Å². The molecular formula is C18H17N3O2S. The third-order valence-corrected chi connectivity index (χ3v) is 4.70. The maximum Gasteiger partial charge on any atom is 0.318 e. The summed E-state index contributed by atoms with van der Waals surface area (Å²) < 4.78 is 7.90. The molecule has 0 aliphatic carbocycles. The first-order valence-electron chi connectivity index (χ1n) is 7.58. The fraction of sp³-hybridized carbons (Fsp3) is 0.278. The molecule has 0 saturated carbocycles. The van der Waals surface area contributed by atoms with E-state index in [0.717, 1.165) is 10.2 Å². The molecule has 0 unspecified atom stereocenters. The van der Waals surface area contributed by atoms with E-state index >= 15 is 0 Å². The Kier molecular flexibility index (Phi) is 4.36. The average Bonchev–Trinajstić information content (AvgIpc) is 3.11. The number of hydrogen-bond donors (Lipinski definition) is 0. The lowest BCUT2D eigenvalue weighted by Gasteiger charge is -2.05. The van der Waals surface area contributed by atoms with Crippen LogP contribution in [0, 0.1) is 19.3 Å². The van der Waals surface area contributed by atoms with Gasteiger partial charge in [-0.15, -0.1) is 6.42 Å². The summed E-state index contributed by atoms with van der Waals surface area (Å²) in [5.74, 6) is 2.71. The van der Waals surface area contributed by atoms with Gasteiger partial charge < -0.3 is 9.09 Å². The van der Waals surface area contributed by atoms with Crippen molar-refractivity contribution in [2.75, 3.05) is 0 Å². The highest BCUT2D eigenvalue weighted by Gasteiger charge is 2.13. The lowest BCUT2D eigenvalue weighted by Crippen LogP contribution is -2.16. The van der Waals surface area contributed by atoms with Gasteiger partial charge in [0.2, 0.25) is 5.76 Å². The number of fused-ring (bicyclic) bond motifs is 1. The summed E-state index contributed by atoms with van der Waals surface area (Å²) in [5.41, 5.74) is 2.85. The summed E-state index contributed by atoms with van der Waals surface area (Å²) in [5, 5.41) is 3.72. The van der Waals surface area contributed by atoms with Crippen molar-refractivity contribution in [2.24, 2.45) is 4.99 Å². The Morgan fingerprint density at radius 2 is 2.25 bits per heavy atom. The number of rotatable bonds is 3. The molecule has 2 aromatic heterocycles. The minimum atomic E-state index is -0.461. The van der Waals surface area contributed by atoms with Crippen LogP contribution in [0.5, 0.6) is 0 Å². The number of carbonyl (C=O) groups excluding carboxylic acids is 1. The Balaban J connectivity index is 2.15. The van der Waals surface area contributed by atoms with Crippen LogP contribution in [0.25, 0.3) is 10.2 Å². The van der Waals surface area contributed by atoms with Crippen molar-refractivity contribution in [3.05, 3.63) is 46.1 Å². The first-order chi connectivity index (χ1) is 11.5. The molecule has 0 radical (unpaired) electrons. The molecule has 0 atom stereocenters. The monoisotopic (exact) mass is 339 g/mol. The SMILES string of the molecule is C#CCn1c(=NC(=O)c2cc(C)no2)sc2cc(C(C)C)ccc21. The van der Waals surface area contributed by atoms with E-state index in [9.17, 15) is 4.79 Å². The maximum atomic E-state index is 12.3. The summed E-state index contributed by atoms with van der Waals surface area (Å²) in [6.07, 6.45) is 5.48. The zero-order chi connectivity index (χ0) is 17.3. The number of hydrogen-bond acceptors (Lipinski definition) is 4. The third-order valence-electron chi connectivity index (χ3n) is 3.66. The molecule has 2 heterocycles. The third kappa shape index (κ3) is 3.03. The zero-order valence-corrected chi connectivity index (χ0v) is 14.6. The number of aryl methyl sites for hydroxylation is 1. The second-order valence-corrected chi connectivity index (χ2v) is 6.82. The number of nitrogens with zero attached hydrogens (tertiary/aromatic N) is 3. The average molecular weight is 339 g/mol. The predicted molar refractivity (Wildman–Crippen MR) is 93.9 cm³/mol. The van der Waals surface area contributed by atoms with Crippen molar-refractivity contribution in [1.29, 1.82) is 0 Å². The van der Waals surface area contributed by atoms with E-state index in [1.54, 1.807) is 13.0 Å². The van der Waals surface area contributed by atoms with Crippen molar-refractivity contribution in [3.63, 3.8) is 0 Å². The molecule has 3 aromatic rings. The van der Waals surface area contributed by atoms with Crippen molar-refractivity contribution < 1.29 is 9.32 Å². The molecule has 0 aliphatic heterocycles. The van der Waals surface area contributed by atoms with Crippen molar-refractivity contribution in [3.8, 4) is 12.3 Å². The van der Waals surface area contributed by atoms with E-state index in [0.29, 0.717) is 23.0 Å². The van der Waals surface area contributed by atoms with Crippen LogP contribution < -0.4 is 4.80 Å². The van der Waals surface area contributed by atoms with Gasteiger partial charge in [0.1, 0.15) is 0 Å². The highest BCUT2D eigenvalue weighted by molar-refractivity contribution is 7.16. The van der Waals surface area contributed by atoms with Crippen LogP contribution in [-0.4, -0.2) is 15.6 Å². The quantitative estimate of drug-likeness (QED) is 0.686. The van der Waals surface area contributed by atoms with Gasteiger partial charge in [0, 0.05) is 6.07 Å². The maximum absolute atomic E-state index is 12.3. The Bertz CT molecular complexity index is 1010. The number of aromatic nitrogens is 2. The van der Waals surface area contributed by atoms with E-state index in [2.05, 4.69) is 42.0 Å². The second kappa shape index (κ2) is 6.46. The van der Waals surface area contributed by atoms with Crippen LogP contribution in [0.1, 0.15) is 41.6 Å². The molecular weight excluding hydrogens is 322 g/mol. The molecule has 0 N–H and O–H groups in total. The number of benzene rings is 1. The molecule has 0 fully saturated rings. The van der Waals surface area contributed by atoms with Gasteiger partial charge in [-0.25, -0.2) is 0 Å². The standard InChI is InChI=1S/C18H17N3O2S/c1-5-8-21-14-7-6-13(11(2)3)10-16(14)24-18(21)19-17(22)15-9-12(4)20-23-15/h1,6-7,9-11H,8H2,2-4H3. The topological polar surface area (TPSA) is 60.4 Å². The first-order valence-corrected chi connectivity index (χ1v) is 8.40. The van der Waals surface area contributed by atoms with Crippen molar-refractivity contribution in [2.45, 2.75) is 33.2 Å². The van der Waals surface area contributed by atoms with Crippen LogP contribution in [0.15, 0.2) is 33.8 Å². The molecule has 0 spiro atoms. The van der Waals surface area contributed by atoms with Crippen molar-refractivity contribution in [1.82, 2.24) is 9.72 Å². The number of terminal acetylenes is 1. The lowest BCUT2D eigenvalue weighted by atomic mass is 10.0. The Morgan fingerprint density at radius 3 is 2.88 bits per heavy atom. The summed E-state index contributed by atoms with van der Waals surface area (Å²) in [7, 11) is 0. The Morgan fingerprint density at radius 1 is 1.46 bits per heavy atom. The van der Waals surface area contributed by atoms with Crippen LogP contribution in [0.2, 0.25) is 0 Å². The molecule has 1 amide bonds. The van der Waals surface area contributed by atoms with E-state index < -0.39 is 5.91 Å². The zero-order valence-electron chi connectivity index (χ0n) is 13.7. The molecule has 24 heavy (non-hydrogen) atoms. The lowest BCUT2D eigenvalue weighted by molar-refractivity contribution is 0.0962. The fourth-order valence-electron chi connectivity index (χ4n) is 2.38. The minimum Gasteiger partial charge on any atom is -0.351 e. The number of carbonyl (C=O) groups is 1. The Labute approximate surface area is 143 Å². The minimum absolute atomic E-state index is 0.125. The van der Waals surface area contributed by atoms with E-state index in [-0.39, 0.29) is 5.76 Å². The second-order valence-electron chi connectivity index (χ2n) is 5.81. The highest BCUT2D eigenvalue weighted by Crippen LogP contribution is 2.23. The predicted octanol–water partition coefficient (Wildman–Crippen LogP) is 3.50. The van der Waals surface area contributed by atoms with Gasteiger partial charge in [0.15, 0.2) is 4.80 Å². The van der Waals surface area contributed by atoms with Crippen LogP contribution in [0.3, 0.4) is 0 Å². The summed E-state index contributed by atoms with van der Waals surface area (Å²) in [6, 6.07) is 7.81. The normalized spacial score (nSPS) is 12.0. The highest BCUT2D eigenvalue weighted by atomic mass is 32.1. The first kappa shape index (κ1) is 16.2. The van der Waals surface area contributed by atoms with Gasteiger partial charge in [-0.3, -0.25) is 4.79 Å². The largest absolute Gasteiger partial charge is 0.351 e. The smallest absolute Gasteiger partial charge is 0.318 e. The molecule has 6 heteroatoms. The summed E-state index contributed by atoms with van der Waals surface area (Å²) >= 11 is 1.44. The molecule has 3 rings (SSSR count). The van der Waals surface area contributed by atoms with Crippen molar-refractivity contribution >= 4 is 27.5 Å². The van der Waals surface area contributed by atoms with Gasteiger partial charge in [-0.1, -0.05) is 42.3 Å². The van der Waals surface area contributed by atoms with Gasteiger partial charge in [0.05, 0.1) is 22.5 Å². The summed E-state index contributed by atoms with van der Waals surface area (Å²) in [6.45, 7) is 6.39. The molecule has 0 bridgehead atoms. The molecule has 0 saturated heterocycles. The van der Waals surface area contributed by atoms with Gasteiger partial charge >= 0.3 is 5.91 Å². The summed E-state index contributed by atoms with van der Waals surface area (Å²) in [4.78, 5) is 17.0. The van der Waals surface area contributed by atoms with Gasteiger partial charge in [-0.05, 0) is 30.5 Å².